The molecule has 3 aliphatic heterocycles. The molecule has 1 amide bonds. The van der Waals surface area contributed by atoms with Crippen molar-refractivity contribution in [2.75, 3.05) is 19.8 Å². The van der Waals surface area contributed by atoms with Crippen molar-refractivity contribution in [3.05, 3.63) is 0 Å². The summed E-state index contributed by atoms with van der Waals surface area (Å²) in [6.45, 7) is 3.32. The van der Waals surface area contributed by atoms with Crippen molar-refractivity contribution in [1.82, 2.24) is 4.90 Å². The van der Waals surface area contributed by atoms with E-state index in [1.54, 1.807) is 4.90 Å². The smallest absolute Gasteiger partial charge is 0.329 e. The lowest BCUT2D eigenvalue weighted by Gasteiger charge is -2.25. The van der Waals surface area contributed by atoms with E-state index in [0.717, 1.165) is 19.3 Å². The number of esters is 1. The van der Waals surface area contributed by atoms with Gasteiger partial charge in [0, 0.05) is 13.0 Å². The van der Waals surface area contributed by atoms with Gasteiger partial charge in [0.05, 0.1) is 13.2 Å². The van der Waals surface area contributed by atoms with Crippen LogP contribution in [0.3, 0.4) is 0 Å². The molecule has 1 unspecified atom stereocenters. The Morgan fingerprint density at radius 3 is 2.09 bits per heavy atom. The van der Waals surface area contributed by atoms with Crippen LogP contribution in [0.5, 0.6) is 0 Å². The molecular weight excluding hydrogens is 434 g/mol. The topological polar surface area (TPSA) is 85.3 Å². The third-order valence-electron chi connectivity index (χ3n) is 7.59. The van der Waals surface area contributed by atoms with Gasteiger partial charge < -0.3 is 24.2 Å². The lowest BCUT2D eigenvalue weighted by Crippen LogP contribution is -2.44. The average Bonchev–Trinajstić information content (AvgIpc) is 3.56. The van der Waals surface area contributed by atoms with E-state index < -0.39 is 30.5 Å². The van der Waals surface area contributed by atoms with E-state index in [0.29, 0.717) is 19.4 Å². The molecule has 0 aromatic carbocycles. The summed E-state index contributed by atoms with van der Waals surface area (Å²) in [5.74, 6) is -0.300. The van der Waals surface area contributed by atoms with Gasteiger partial charge in [0.1, 0.15) is 24.4 Å². The van der Waals surface area contributed by atoms with E-state index in [1.165, 1.54) is 70.6 Å². The third-order valence-corrected chi connectivity index (χ3v) is 7.59. The van der Waals surface area contributed by atoms with Gasteiger partial charge in [-0.1, -0.05) is 84.0 Å². The molecular formula is C27H47NO6. The molecule has 0 aromatic rings. The molecule has 3 aliphatic rings. The monoisotopic (exact) mass is 481 g/mol. The largest absolute Gasteiger partial charge is 0.455 e. The molecule has 196 valence electrons. The quantitative estimate of drug-likeness (QED) is 0.258. The van der Waals surface area contributed by atoms with Crippen LogP contribution in [-0.4, -0.2) is 72.1 Å². The van der Waals surface area contributed by atoms with E-state index in [1.807, 2.05) is 0 Å². The summed E-state index contributed by atoms with van der Waals surface area (Å²) >= 11 is 0. The van der Waals surface area contributed by atoms with E-state index in [-0.39, 0.29) is 25.1 Å². The molecule has 3 rings (SSSR count). The van der Waals surface area contributed by atoms with Crippen LogP contribution < -0.4 is 0 Å². The number of aliphatic hydroxyl groups excluding tert-OH is 1. The fourth-order valence-corrected chi connectivity index (χ4v) is 5.52. The Kier molecular flexibility index (Phi) is 12.1. The Labute approximate surface area is 205 Å². The summed E-state index contributed by atoms with van der Waals surface area (Å²) in [6, 6.07) is -0.500. The predicted molar refractivity (Wildman–Crippen MR) is 130 cm³/mol. The van der Waals surface area contributed by atoms with Crippen LogP contribution in [0.15, 0.2) is 0 Å². The Morgan fingerprint density at radius 2 is 1.44 bits per heavy atom. The molecule has 7 heteroatoms. The van der Waals surface area contributed by atoms with Crippen molar-refractivity contribution in [3.63, 3.8) is 0 Å². The first-order valence-corrected chi connectivity index (χ1v) is 14.0. The van der Waals surface area contributed by atoms with Crippen LogP contribution >= 0.6 is 0 Å². The zero-order valence-corrected chi connectivity index (χ0v) is 21.3. The maximum Gasteiger partial charge on any atom is 0.329 e. The molecule has 34 heavy (non-hydrogen) atoms. The first-order valence-electron chi connectivity index (χ1n) is 14.0. The number of ether oxygens (including phenoxy) is 3. The second kappa shape index (κ2) is 15.0. The third kappa shape index (κ3) is 8.20. The van der Waals surface area contributed by atoms with Gasteiger partial charge >= 0.3 is 5.97 Å². The van der Waals surface area contributed by atoms with Crippen molar-refractivity contribution in [2.24, 2.45) is 0 Å². The fraction of sp³-hybridized carbons (Fsp3) is 0.926. The molecule has 0 radical (unpaired) electrons. The minimum absolute atomic E-state index is 0.0654. The van der Waals surface area contributed by atoms with E-state index >= 15 is 0 Å². The standard InChI is InChI=1S/C27H47NO6/c1-2-3-4-5-6-7-8-9-10-11-12-13-14-17-24(30)28-18-15-16-21(28)27(31)34-23-20-33-25-22(29)19-32-26(23)25/h21-23,25-26,29H,2-20H2,1H3/t21?,22-,23+,25+,26+/m0/s1. The Hall–Kier alpha value is -1.18. The number of rotatable bonds is 16. The lowest BCUT2D eigenvalue weighted by molar-refractivity contribution is -0.162. The second-order valence-electron chi connectivity index (χ2n) is 10.4. The number of carbonyl (C=O) groups is 2. The van der Waals surface area contributed by atoms with Gasteiger partial charge in [-0.2, -0.15) is 0 Å². The number of aliphatic hydroxyl groups is 1. The minimum atomic E-state index is -0.668. The molecule has 0 aliphatic carbocycles. The van der Waals surface area contributed by atoms with Crippen molar-refractivity contribution in [3.8, 4) is 0 Å². The number of unbranched alkanes of at least 4 members (excludes halogenated alkanes) is 12. The highest BCUT2D eigenvalue weighted by atomic mass is 16.6. The molecule has 0 bridgehead atoms. The van der Waals surface area contributed by atoms with E-state index in [9.17, 15) is 14.7 Å². The number of hydrogen-bond donors (Lipinski definition) is 1. The summed E-state index contributed by atoms with van der Waals surface area (Å²) in [5.41, 5.74) is 0. The maximum atomic E-state index is 12.8. The normalized spacial score (nSPS) is 28.4. The molecule has 0 aromatic heterocycles. The number of carbonyl (C=O) groups excluding carboxylic acids is 2. The van der Waals surface area contributed by atoms with Crippen molar-refractivity contribution >= 4 is 11.9 Å². The maximum absolute atomic E-state index is 12.8. The Bertz CT molecular complexity index is 614. The van der Waals surface area contributed by atoms with Gasteiger partial charge in [-0.15, -0.1) is 0 Å². The number of hydrogen-bond acceptors (Lipinski definition) is 6. The van der Waals surface area contributed by atoms with Crippen LogP contribution in [0.1, 0.15) is 110 Å². The predicted octanol–water partition coefficient (Wildman–Crippen LogP) is 4.53. The molecule has 0 saturated carbocycles. The van der Waals surface area contributed by atoms with Gasteiger partial charge in [0.15, 0.2) is 6.10 Å². The van der Waals surface area contributed by atoms with Crippen molar-refractivity contribution in [2.45, 2.75) is 140 Å². The first kappa shape index (κ1) is 27.4. The summed E-state index contributed by atoms with van der Waals surface area (Å²) in [7, 11) is 0. The summed E-state index contributed by atoms with van der Waals surface area (Å²) in [6.07, 6.45) is 16.6. The van der Waals surface area contributed by atoms with Gasteiger partial charge in [0.25, 0.3) is 0 Å². The summed E-state index contributed by atoms with van der Waals surface area (Å²) in [4.78, 5) is 27.3. The molecule has 7 nitrogen and oxygen atoms in total. The number of nitrogens with zero attached hydrogens (tertiary/aromatic N) is 1. The molecule has 5 atom stereocenters. The number of amides is 1. The van der Waals surface area contributed by atoms with E-state index in [4.69, 9.17) is 14.2 Å². The molecule has 1 N–H and O–H groups in total. The van der Waals surface area contributed by atoms with Crippen LogP contribution in [0.2, 0.25) is 0 Å². The minimum Gasteiger partial charge on any atom is -0.455 e. The molecule has 0 spiro atoms. The number of likely N-dealkylation sites (tertiary alicyclic amines) is 1. The van der Waals surface area contributed by atoms with Gasteiger partial charge in [-0.25, -0.2) is 4.79 Å². The average molecular weight is 482 g/mol. The Balaban J connectivity index is 1.23. The zero-order chi connectivity index (χ0) is 24.2. The fourth-order valence-electron chi connectivity index (χ4n) is 5.52. The lowest BCUT2D eigenvalue weighted by atomic mass is 10.0. The highest BCUT2D eigenvalue weighted by Gasteiger charge is 2.49. The van der Waals surface area contributed by atoms with Crippen molar-refractivity contribution < 1.29 is 28.9 Å². The summed E-state index contributed by atoms with van der Waals surface area (Å²) < 4.78 is 16.7. The van der Waals surface area contributed by atoms with Gasteiger partial charge in [0.2, 0.25) is 5.91 Å². The Morgan fingerprint density at radius 1 is 0.853 bits per heavy atom. The van der Waals surface area contributed by atoms with Crippen LogP contribution in [0, 0.1) is 0 Å². The molecule has 3 saturated heterocycles. The summed E-state index contributed by atoms with van der Waals surface area (Å²) in [5, 5.41) is 9.85. The second-order valence-corrected chi connectivity index (χ2v) is 10.4. The number of fused-ring (bicyclic) bond motifs is 1. The van der Waals surface area contributed by atoms with Crippen LogP contribution in [0.4, 0.5) is 0 Å². The zero-order valence-electron chi connectivity index (χ0n) is 21.3. The highest BCUT2D eigenvalue weighted by Crippen LogP contribution is 2.30. The van der Waals surface area contributed by atoms with E-state index in [2.05, 4.69) is 6.92 Å². The molecule has 3 fully saturated rings. The SMILES string of the molecule is CCCCCCCCCCCCCCCC(=O)N1CCCC1C(=O)O[C@@H]1CO[C@H]2[C@@H]1OC[C@@H]2O. The first-order chi connectivity index (χ1) is 16.6. The van der Waals surface area contributed by atoms with Gasteiger partial charge in [-0.05, 0) is 19.3 Å². The molecule has 3 heterocycles. The van der Waals surface area contributed by atoms with Gasteiger partial charge in [-0.3, -0.25) is 4.79 Å². The van der Waals surface area contributed by atoms with Crippen LogP contribution in [0.25, 0.3) is 0 Å². The van der Waals surface area contributed by atoms with Crippen LogP contribution in [-0.2, 0) is 23.8 Å². The highest BCUT2D eigenvalue weighted by molar-refractivity contribution is 5.85. The van der Waals surface area contributed by atoms with Crippen molar-refractivity contribution in [1.29, 1.82) is 0 Å².